The first-order valence-corrected chi connectivity index (χ1v) is 12.3. The number of rotatable bonds is 5. The Morgan fingerprint density at radius 1 is 1.14 bits per heavy atom. The molecule has 0 radical (unpaired) electrons. The standard InChI is InChI=1S/C22H31N3O3S/c1-3-25-13-6-11-22(25,2)12-14-29(27,28)24-21(26)23-20-18-9-4-7-16(18)15-17-8-5-10-19(17)20/h12,14-15H,3-11,13H2,1-2H3,(H2,23,24,26)/b14-12+. The topological polar surface area (TPSA) is 78.5 Å². The first-order valence-electron chi connectivity index (χ1n) is 10.8. The molecule has 1 aromatic rings. The van der Waals surface area contributed by atoms with Crippen molar-refractivity contribution in [3.05, 3.63) is 39.8 Å². The van der Waals surface area contributed by atoms with Crippen LogP contribution in [0.2, 0.25) is 0 Å². The largest absolute Gasteiger partial charge is 0.333 e. The van der Waals surface area contributed by atoms with Crippen LogP contribution < -0.4 is 10.0 Å². The zero-order valence-electron chi connectivity index (χ0n) is 17.4. The highest BCUT2D eigenvalue weighted by atomic mass is 32.2. The maximum absolute atomic E-state index is 12.6. The maximum atomic E-state index is 12.6. The SMILES string of the molecule is CCN1CCCC1(C)/C=C/S(=O)(=O)NC(=O)Nc1c2c(cc3c1CCC3)CCC2. The third-order valence-corrected chi connectivity index (χ3v) is 7.73. The van der Waals surface area contributed by atoms with Crippen LogP contribution in [0.3, 0.4) is 0 Å². The predicted molar refractivity (Wildman–Crippen MR) is 116 cm³/mol. The number of hydrogen-bond acceptors (Lipinski definition) is 4. The summed E-state index contributed by atoms with van der Waals surface area (Å²) >= 11 is 0. The minimum absolute atomic E-state index is 0.277. The number of likely N-dealkylation sites (tertiary alicyclic amines) is 1. The fourth-order valence-corrected chi connectivity index (χ4v) is 6.10. The summed E-state index contributed by atoms with van der Waals surface area (Å²) in [7, 11) is -3.86. The van der Waals surface area contributed by atoms with E-state index >= 15 is 0 Å². The van der Waals surface area contributed by atoms with E-state index in [9.17, 15) is 13.2 Å². The zero-order chi connectivity index (χ0) is 20.6. The van der Waals surface area contributed by atoms with Crippen LogP contribution >= 0.6 is 0 Å². The third-order valence-electron chi connectivity index (χ3n) is 6.77. The fourth-order valence-electron chi connectivity index (χ4n) is 5.25. The van der Waals surface area contributed by atoms with Crippen molar-refractivity contribution in [2.45, 2.75) is 70.8 Å². The van der Waals surface area contributed by atoms with E-state index in [4.69, 9.17) is 0 Å². The molecule has 1 atom stereocenters. The highest BCUT2D eigenvalue weighted by Gasteiger charge is 2.33. The first kappa shape index (κ1) is 20.4. The van der Waals surface area contributed by atoms with E-state index in [2.05, 4.69) is 27.9 Å². The number of benzene rings is 1. The van der Waals surface area contributed by atoms with Crippen LogP contribution in [0.25, 0.3) is 0 Å². The highest BCUT2D eigenvalue weighted by molar-refractivity contribution is 7.92. The summed E-state index contributed by atoms with van der Waals surface area (Å²) in [5.41, 5.74) is 5.55. The quantitative estimate of drug-likeness (QED) is 0.769. The van der Waals surface area contributed by atoms with Gasteiger partial charge in [0, 0.05) is 16.6 Å². The second-order valence-electron chi connectivity index (χ2n) is 8.68. The lowest BCUT2D eigenvalue weighted by Crippen LogP contribution is -2.40. The second kappa shape index (κ2) is 7.76. The van der Waals surface area contributed by atoms with Crippen molar-refractivity contribution in [3.8, 4) is 0 Å². The van der Waals surface area contributed by atoms with Gasteiger partial charge < -0.3 is 5.32 Å². The molecule has 1 heterocycles. The number of likely N-dealkylation sites (N-methyl/N-ethyl adjacent to an activating group) is 1. The summed E-state index contributed by atoms with van der Waals surface area (Å²) in [6.45, 7) is 5.97. The van der Waals surface area contributed by atoms with E-state index in [1.165, 1.54) is 22.3 Å². The molecule has 158 valence electrons. The number of sulfonamides is 1. The van der Waals surface area contributed by atoms with Gasteiger partial charge in [-0.3, -0.25) is 4.90 Å². The number of carbonyl (C=O) groups is 1. The van der Waals surface area contributed by atoms with E-state index in [0.29, 0.717) is 0 Å². The van der Waals surface area contributed by atoms with E-state index in [1.807, 2.05) is 6.92 Å². The van der Waals surface area contributed by atoms with Gasteiger partial charge in [0.1, 0.15) is 0 Å². The molecule has 1 unspecified atom stereocenters. The molecule has 6 nitrogen and oxygen atoms in total. The third kappa shape index (κ3) is 4.08. The monoisotopic (exact) mass is 417 g/mol. The Bertz CT molecular complexity index is 922. The van der Waals surface area contributed by atoms with E-state index in [-0.39, 0.29) is 5.54 Å². The number of fused-ring (bicyclic) bond motifs is 2. The summed E-state index contributed by atoms with van der Waals surface area (Å²) in [4.78, 5) is 14.8. The molecule has 7 heteroatoms. The molecule has 0 spiro atoms. The molecule has 29 heavy (non-hydrogen) atoms. The van der Waals surface area contributed by atoms with Crippen LogP contribution in [0.4, 0.5) is 10.5 Å². The van der Waals surface area contributed by atoms with Crippen molar-refractivity contribution < 1.29 is 13.2 Å². The van der Waals surface area contributed by atoms with Gasteiger partial charge in [0.2, 0.25) is 0 Å². The normalized spacial score (nSPS) is 24.1. The zero-order valence-corrected chi connectivity index (χ0v) is 18.2. The van der Waals surface area contributed by atoms with Crippen molar-refractivity contribution in [1.82, 2.24) is 9.62 Å². The van der Waals surface area contributed by atoms with Crippen LogP contribution in [-0.4, -0.2) is 38.0 Å². The molecule has 4 rings (SSSR count). The molecule has 1 saturated heterocycles. The van der Waals surface area contributed by atoms with Crippen LogP contribution in [-0.2, 0) is 35.7 Å². The van der Waals surface area contributed by atoms with Crippen LogP contribution in [0, 0.1) is 0 Å². The molecular formula is C22H31N3O3S. The van der Waals surface area contributed by atoms with Gasteiger partial charge in [0.15, 0.2) is 0 Å². The van der Waals surface area contributed by atoms with Gasteiger partial charge in [-0.25, -0.2) is 17.9 Å². The van der Waals surface area contributed by atoms with Gasteiger partial charge in [0.25, 0.3) is 10.0 Å². The van der Waals surface area contributed by atoms with Crippen LogP contribution in [0.1, 0.15) is 61.8 Å². The number of nitrogens with one attached hydrogen (secondary N) is 2. The minimum atomic E-state index is -3.86. The Morgan fingerprint density at radius 3 is 2.41 bits per heavy atom. The van der Waals surface area contributed by atoms with Crippen molar-refractivity contribution in [3.63, 3.8) is 0 Å². The summed E-state index contributed by atoms with van der Waals surface area (Å²) < 4.78 is 27.2. The molecule has 1 aromatic carbocycles. The van der Waals surface area contributed by atoms with Crippen molar-refractivity contribution in [2.24, 2.45) is 0 Å². The summed E-state index contributed by atoms with van der Waals surface area (Å²) in [6.07, 6.45) is 9.81. The lowest BCUT2D eigenvalue weighted by molar-refractivity contribution is 0.214. The summed E-state index contributed by atoms with van der Waals surface area (Å²) in [5.74, 6) is 0. The molecule has 1 aliphatic heterocycles. The summed E-state index contributed by atoms with van der Waals surface area (Å²) in [5, 5.41) is 4.04. The van der Waals surface area contributed by atoms with Gasteiger partial charge in [-0.15, -0.1) is 0 Å². The average molecular weight is 418 g/mol. The minimum Gasteiger partial charge on any atom is -0.307 e. The average Bonchev–Trinajstić information content (AvgIpc) is 3.39. The van der Waals surface area contributed by atoms with Gasteiger partial charge >= 0.3 is 6.03 Å². The van der Waals surface area contributed by atoms with E-state index < -0.39 is 16.1 Å². The Hall–Kier alpha value is -1.86. The van der Waals surface area contributed by atoms with Gasteiger partial charge in [-0.1, -0.05) is 19.1 Å². The van der Waals surface area contributed by atoms with E-state index in [0.717, 1.165) is 75.6 Å². The number of aryl methyl sites for hydroxylation is 2. The predicted octanol–water partition coefficient (Wildman–Crippen LogP) is 3.50. The van der Waals surface area contributed by atoms with Crippen LogP contribution in [0.5, 0.6) is 0 Å². The van der Waals surface area contributed by atoms with Crippen LogP contribution in [0.15, 0.2) is 17.6 Å². The molecule has 2 N–H and O–H groups in total. The van der Waals surface area contributed by atoms with E-state index in [1.54, 1.807) is 6.08 Å². The molecule has 2 amide bonds. The van der Waals surface area contributed by atoms with Crippen molar-refractivity contribution in [1.29, 1.82) is 0 Å². The number of carbonyl (C=O) groups excluding carboxylic acids is 1. The molecule has 0 aromatic heterocycles. The number of hydrogen-bond donors (Lipinski definition) is 2. The molecule has 0 bridgehead atoms. The Balaban J connectivity index is 1.49. The molecule has 3 aliphatic rings. The Morgan fingerprint density at radius 2 is 1.79 bits per heavy atom. The molecule has 0 saturated carbocycles. The summed E-state index contributed by atoms with van der Waals surface area (Å²) in [6, 6.07) is 1.61. The molecular weight excluding hydrogens is 386 g/mol. The van der Waals surface area contributed by atoms with Crippen molar-refractivity contribution >= 4 is 21.7 Å². The van der Waals surface area contributed by atoms with Crippen molar-refractivity contribution in [2.75, 3.05) is 18.4 Å². The number of amides is 2. The lowest BCUT2D eigenvalue weighted by Gasteiger charge is -2.31. The lowest BCUT2D eigenvalue weighted by atomic mass is 9.99. The van der Waals surface area contributed by atoms with Gasteiger partial charge in [-0.2, -0.15) is 0 Å². The fraction of sp³-hybridized carbons (Fsp3) is 0.591. The number of urea groups is 1. The smallest absolute Gasteiger partial charge is 0.307 e. The molecule has 2 aliphatic carbocycles. The maximum Gasteiger partial charge on any atom is 0.333 e. The highest BCUT2D eigenvalue weighted by Crippen LogP contribution is 2.38. The first-order chi connectivity index (χ1) is 13.8. The Kier molecular flexibility index (Phi) is 5.46. The number of anilines is 1. The molecule has 1 fully saturated rings. The van der Waals surface area contributed by atoms with Gasteiger partial charge in [-0.05, 0) is 93.6 Å². The van der Waals surface area contributed by atoms with Gasteiger partial charge in [0.05, 0.1) is 0 Å². The number of nitrogens with zero attached hydrogens (tertiary/aromatic N) is 1. The Labute approximate surface area is 173 Å². The second-order valence-corrected chi connectivity index (χ2v) is 10.2.